The summed E-state index contributed by atoms with van der Waals surface area (Å²) in [6, 6.07) is 22.6. The molecule has 0 saturated heterocycles. The normalized spacial score (nSPS) is 12.5. The van der Waals surface area contributed by atoms with Crippen molar-refractivity contribution in [1.82, 2.24) is 4.98 Å². The van der Waals surface area contributed by atoms with Gasteiger partial charge < -0.3 is 10.2 Å². The lowest BCUT2D eigenvalue weighted by molar-refractivity contribution is -0.116. The van der Waals surface area contributed by atoms with Crippen molar-refractivity contribution in [2.24, 2.45) is 0 Å². The van der Waals surface area contributed by atoms with Crippen LogP contribution in [0.25, 0.3) is 10.2 Å². The van der Waals surface area contributed by atoms with E-state index in [0.29, 0.717) is 13.0 Å². The molecular formula is C23H19N3OS2. The number of rotatable bonds is 4. The highest BCUT2D eigenvalue weighted by atomic mass is 32.2. The lowest BCUT2D eigenvalue weighted by Crippen LogP contribution is -2.25. The fraction of sp³-hybridized carbons (Fsp3) is 0.130. The standard InChI is InChI=1S/C23H19N3OS2/c1-15-24-17-11-10-16(14-22(17)28-15)25-23(27)12-13-26-18-6-2-4-8-20(18)29-21-9-5-3-7-19(21)26/h2-11,14H,12-13H2,1H3,(H,25,27). The molecule has 29 heavy (non-hydrogen) atoms. The van der Waals surface area contributed by atoms with Gasteiger partial charge in [-0.25, -0.2) is 4.98 Å². The molecule has 0 radical (unpaired) electrons. The smallest absolute Gasteiger partial charge is 0.226 e. The molecule has 1 amide bonds. The Morgan fingerprint density at radius 1 is 1.00 bits per heavy atom. The van der Waals surface area contributed by atoms with E-state index in [1.54, 1.807) is 23.1 Å². The number of para-hydroxylation sites is 2. The number of benzene rings is 3. The first-order valence-electron chi connectivity index (χ1n) is 9.48. The van der Waals surface area contributed by atoms with Crippen LogP contribution in [0.15, 0.2) is 76.5 Å². The first kappa shape index (κ1) is 18.2. The number of aryl methyl sites for hydroxylation is 1. The Bertz CT molecular complexity index is 1170. The topological polar surface area (TPSA) is 45.2 Å². The summed E-state index contributed by atoms with van der Waals surface area (Å²) in [5.41, 5.74) is 4.11. The van der Waals surface area contributed by atoms with Gasteiger partial charge in [0.15, 0.2) is 0 Å². The lowest BCUT2D eigenvalue weighted by atomic mass is 10.2. The highest BCUT2D eigenvalue weighted by molar-refractivity contribution is 7.99. The molecular weight excluding hydrogens is 398 g/mol. The third-order valence-electron chi connectivity index (χ3n) is 4.87. The summed E-state index contributed by atoms with van der Waals surface area (Å²) in [7, 11) is 0. The van der Waals surface area contributed by atoms with E-state index in [1.165, 1.54) is 9.79 Å². The number of aromatic nitrogens is 1. The van der Waals surface area contributed by atoms with Crippen molar-refractivity contribution in [2.45, 2.75) is 23.1 Å². The van der Waals surface area contributed by atoms with Crippen LogP contribution in [0.4, 0.5) is 17.1 Å². The molecule has 3 aromatic carbocycles. The molecule has 4 aromatic rings. The molecule has 0 unspecified atom stereocenters. The number of hydrogen-bond acceptors (Lipinski definition) is 5. The summed E-state index contributed by atoms with van der Waals surface area (Å²) >= 11 is 3.42. The number of fused-ring (bicyclic) bond motifs is 3. The molecule has 1 aromatic heterocycles. The molecule has 5 rings (SSSR count). The van der Waals surface area contributed by atoms with E-state index in [2.05, 4.69) is 51.6 Å². The predicted octanol–water partition coefficient (Wildman–Crippen LogP) is 6.24. The van der Waals surface area contributed by atoms with E-state index < -0.39 is 0 Å². The Hall–Kier alpha value is -2.83. The van der Waals surface area contributed by atoms with Crippen molar-refractivity contribution in [2.75, 3.05) is 16.8 Å². The molecule has 0 bridgehead atoms. The summed E-state index contributed by atoms with van der Waals surface area (Å²) in [5, 5.41) is 4.07. The monoisotopic (exact) mass is 417 g/mol. The first-order chi connectivity index (χ1) is 14.2. The Labute approximate surface area is 177 Å². The van der Waals surface area contributed by atoms with Crippen LogP contribution in [0.3, 0.4) is 0 Å². The van der Waals surface area contributed by atoms with Gasteiger partial charge in [0.1, 0.15) is 0 Å². The molecule has 1 aliphatic rings. The second kappa shape index (κ2) is 7.54. The Kier molecular flexibility index (Phi) is 4.73. The number of thiazole rings is 1. The molecule has 0 fully saturated rings. The largest absolute Gasteiger partial charge is 0.339 e. The van der Waals surface area contributed by atoms with Gasteiger partial charge in [-0.1, -0.05) is 36.0 Å². The number of hydrogen-bond donors (Lipinski definition) is 1. The van der Waals surface area contributed by atoms with Crippen LogP contribution in [0, 0.1) is 6.92 Å². The summed E-state index contributed by atoms with van der Waals surface area (Å²) < 4.78 is 1.09. The van der Waals surface area contributed by atoms with Crippen LogP contribution in [0.1, 0.15) is 11.4 Å². The third kappa shape index (κ3) is 3.61. The van der Waals surface area contributed by atoms with Gasteiger partial charge in [0.25, 0.3) is 0 Å². The molecule has 144 valence electrons. The number of anilines is 3. The molecule has 0 saturated carbocycles. The van der Waals surface area contributed by atoms with Crippen LogP contribution in [-0.2, 0) is 4.79 Å². The average Bonchev–Trinajstić information content (AvgIpc) is 3.10. The SMILES string of the molecule is Cc1nc2ccc(NC(=O)CCN3c4ccccc4Sc4ccccc43)cc2s1. The minimum absolute atomic E-state index is 0.0128. The lowest BCUT2D eigenvalue weighted by Gasteiger charge is -2.32. The summed E-state index contributed by atoms with van der Waals surface area (Å²) in [6.07, 6.45) is 0.410. The molecule has 1 N–H and O–H groups in total. The van der Waals surface area contributed by atoms with Gasteiger partial charge in [0.2, 0.25) is 5.91 Å². The number of amides is 1. The van der Waals surface area contributed by atoms with Crippen molar-refractivity contribution in [3.8, 4) is 0 Å². The minimum atomic E-state index is 0.0128. The van der Waals surface area contributed by atoms with Crippen molar-refractivity contribution in [3.63, 3.8) is 0 Å². The van der Waals surface area contributed by atoms with Gasteiger partial charge in [-0.3, -0.25) is 4.79 Å². The minimum Gasteiger partial charge on any atom is -0.339 e. The maximum Gasteiger partial charge on any atom is 0.226 e. The Morgan fingerprint density at radius 3 is 2.41 bits per heavy atom. The fourth-order valence-electron chi connectivity index (χ4n) is 3.58. The van der Waals surface area contributed by atoms with Crippen LogP contribution >= 0.6 is 23.1 Å². The maximum absolute atomic E-state index is 12.7. The summed E-state index contributed by atoms with van der Waals surface area (Å²) in [5.74, 6) is 0.0128. The molecule has 0 spiro atoms. The van der Waals surface area contributed by atoms with Crippen molar-refractivity contribution in [3.05, 3.63) is 71.7 Å². The van der Waals surface area contributed by atoms with Crippen molar-refractivity contribution < 1.29 is 4.79 Å². The summed E-state index contributed by atoms with van der Waals surface area (Å²) in [4.78, 5) is 21.8. The number of nitrogens with one attached hydrogen (secondary N) is 1. The van der Waals surface area contributed by atoms with Gasteiger partial charge in [-0.2, -0.15) is 0 Å². The first-order valence-corrected chi connectivity index (χ1v) is 11.1. The molecule has 0 aliphatic carbocycles. The van der Waals surface area contributed by atoms with E-state index in [1.807, 2.05) is 37.3 Å². The van der Waals surface area contributed by atoms with Crippen LogP contribution in [-0.4, -0.2) is 17.4 Å². The van der Waals surface area contributed by atoms with Gasteiger partial charge in [0.05, 0.1) is 26.6 Å². The van der Waals surface area contributed by atoms with Gasteiger partial charge in [0, 0.05) is 28.4 Å². The number of carbonyl (C=O) groups excluding carboxylic acids is 1. The highest BCUT2D eigenvalue weighted by Crippen LogP contribution is 2.47. The highest BCUT2D eigenvalue weighted by Gasteiger charge is 2.23. The fourth-order valence-corrected chi connectivity index (χ4v) is 5.54. The van der Waals surface area contributed by atoms with Crippen LogP contribution in [0.2, 0.25) is 0 Å². The molecule has 6 heteroatoms. The molecule has 2 heterocycles. The maximum atomic E-state index is 12.7. The van der Waals surface area contributed by atoms with Crippen molar-refractivity contribution >= 4 is 56.3 Å². The third-order valence-corrected chi connectivity index (χ3v) is 6.94. The van der Waals surface area contributed by atoms with E-state index in [0.717, 1.165) is 32.3 Å². The number of nitrogens with zero attached hydrogens (tertiary/aromatic N) is 2. The Morgan fingerprint density at radius 2 is 1.69 bits per heavy atom. The number of carbonyl (C=O) groups is 1. The van der Waals surface area contributed by atoms with Gasteiger partial charge in [-0.15, -0.1) is 11.3 Å². The zero-order chi connectivity index (χ0) is 19.8. The van der Waals surface area contributed by atoms with Crippen molar-refractivity contribution in [1.29, 1.82) is 0 Å². The zero-order valence-electron chi connectivity index (χ0n) is 15.9. The van der Waals surface area contributed by atoms with E-state index in [4.69, 9.17) is 0 Å². The van der Waals surface area contributed by atoms with Crippen LogP contribution < -0.4 is 10.2 Å². The Balaban J connectivity index is 1.33. The van der Waals surface area contributed by atoms with E-state index in [-0.39, 0.29) is 5.91 Å². The zero-order valence-corrected chi connectivity index (χ0v) is 17.5. The molecule has 0 atom stereocenters. The molecule has 4 nitrogen and oxygen atoms in total. The second-order valence-corrected chi connectivity index (χ2v) is 9.22. The quantitative estimate of drug-likeness (QED) is 0.427. The van der Waals surface area contributed by atoms with Gasteiger partial charge >= 0.3 is 0 Å². The summed E-state index contributed by atoms with van der Waals surface area (Å²) in [6.45, 7) is 2.62. The van der Waals surface area contributed by atoms with Crippen LogP contribution in [0.5, 0.6) is 0 Å². The predicted molar refractivity (Wildman–Crippen MR) is 122 cm³/mol. The second-order valence-electron chi connectivity index (χ2n) is 6.90. The van der Waals surface area contributed by atoms with E-state index >= 15 is 0 Å². The van der Waals surface area contributed by atoms with Gasteiger partial charge in [-0.05, 0) is 49.4 Å². The van der Waals surface area contributed by atoms with E-state index in [9.17, 15) is 4.79 Å². The molecule has 1 aliphatic heterocycles. The average molecular weight is 418 g/mol.